The number of fused-ring (bicyclic) bond motifs is 1. The molecular weight excluding hydrogens is 321 g/mol. The number of hydrogen-bond acceptors (Lipinski definition) is 4. The molecule has 1 aliphatic carbocycles. The molecule has 1 heterocycles. The lowest BCUT2D eigenvalue weighted by Crippen LogP contribution is -2.24. The molecule has 0 saturated carbocycles. The van der Waals surface area contributed by atoms with Crippen LogP contribution in [0.1, 0.15) is 54.2 Å². The maximum atomic E-state index is 13.1. The summed E-state index contributed by atoms with van der Waals surface area (Å²) in [6.07, 6.45) is 3.11. The average Bonchev–Trinajstić information content (AvgIpc) is 2.61. The molecule has 2 atom stereocenters. The lowest BCUT2D eigenvalue weighted by molar-refractivity contribution is -0.119. The molecule has 2 aromatic rings. The number of amides is 1. The van der Waals surface area contributed by atoms with Crippen LogP contribution in [0.5, 0.6) is 0 Å². The first-order valence-corrected chi connectivity index (χ1v) is 8.43. The number of ketones is 1. The Balaban J connectivity index is 1.83. The highest BCUT2D eigenvalue weighted by molar-refractivity contribution is 5.99. The monoisotopic (exact) mass is 341 g/mol. The number of Topliss-reactive ketones (excluding diaryl/α,β-unsaturated/α-hetero) is 1. The van der Waals surface area contributed by atoms with Crippen LogP contribution in [0, 0.1) is 11.7 Å². The Morgan fingerprint density at radius 2 is 2.04 bits per heavy atom. The summed E-state index contributed by atoms with van der Waals surface area (Å²) >= 11 is 0. The molecule has 1 aromatic heterocycles. The standard InChI is InChI=1S/C19H20FN3O2/c1-3-11(2)18(25)23-19-21-10-15-16(22-19)8-13(9-17(15)24)12-4-6-14(20)7-5-12/h4-7,10-11,13H,3,8-9H2,1-2H3,(H,21,22,23,25). The van der Waals surface area contributed by atoms with Gasteiger partial charge in [0.2, 0.25) is 11.9 Å². The maximum absolute atomic E-state index is 13.1. The second-order valence-corrected chi connectivity index (χ2v) is 6.43. The first kappa shape index (κ1) is 17.2. The van der Waals surface area contributed by atoms with Crippen LogP contribution >= 0.6 is 0 Å². The van der Waals surface area contributed by atoms with E-state index in [0.717, 1.165) is 12.0 Å². The Morgan fingerprint density at radius 1 is 1.32 bits per heavy atom. The van der Waals surface area contributed by atoms with Crippen LogP contribution in [0.15, 0.2) is 30.5 Å². The molecule has 5 nitrogen and oxygen atoms in total. The van der Waals surface area contributed by atoms with Crippen LogP contribution in [0.4, 0.5) is 10.3 Å². The largest absolute Gasteiger partial charge is 0.294 e. The van der Waals surface area contributed by atoms with Crippen molar-refractivity contribution >= 4 is 17.6 Å². The molecule has 6 heteroatoms. The minimum atomic E-state index is -0.302. The predicted octanol–water partition coefficient (Wildman–Crippen LogP) is 3.51. The van der Waals surface area contributed by atoms with Crippen molar-refractivity contribution in [2.24, 2.45) is 5.92 Å². The van der Waals surface area contributed by atoms with Crippen LogP contribution in [-0.4, -0.2) is 21.7 Å². The number of carbonyl (C=O) groups excluding carboxylic acids is 2. The van der Waals surface area contributed by atoms with E-state index in [4.69, 9.17) is 0 Å². The first-order valence-electron chi connectivity index (χ1n) is 8.43. The van der Waals surface area contributed by atoms with Crippen molar-refractivity contribution in [3.05, 3.63) is 53.1 Å². The second kappa shape index (κ2) is 7.09. The van der Waals surface area contributed by atoms with Crippen LogP contribution in [0.25, 0.3) is 0 Å². The molecule has 0 saturated heterocycles. The molecule has 25 heavy (non-hydrogen) atoms. The van der Waals surface area contributed by atoms with Crippen molar-refractivity contribution in [1.29, 1.82) is 0 Å². The third-order valence-corrected chi connectivity index (χ3v) is 4.68. The molecular formula is C19H20FN3O2. The minimum Gasteiger partial charge on any atom is -0.294 e. The van der Waals surface area contributed by atoms with Gasteiger partial charge >= 0.3 is 0 Å². The van der Waals surface area contributed by atoms with Gasteiger partial charge in [-0.15, -0.1) is 0 Å². The van der Waals surface area contributed by atoms with E-state index >= 15 is 0 Å². The van der Waals surface area contributed by atoms with Crippen molar-refractivity contribution in [2.45, 2.75) is 39.0 Å². The molecule has 2 unspecified atom stereocenters. The number of halogens is 1. The number of benzene rings is 1. The van der Waals surface area contributed by atoms with E-state index in [-0.39, 0.29) is 35.3 Å². The molecule has 0 bridgehead atoms. The fourth-order valence-electron chi connectivity index (χ4n) is 2.89. The lowest BCUT2D eigenvalue weighted by atomic mass is 9.82. The number of hydrogen-bond donors (Lipinski definition) is 1. The highest BCUT2D eigenvalue weighted by Crippen LogP contribution is 2.32. The Hall–Kier alpha value is -2.63. The molecule has 3 rings (SSSR count). The zero-order chi connectivity index (χ0) is 18.0. The fourth-order valence-corrected chi connectivity index (χ4v) is 2.89. The summed E-state index contributed by atoms with van der Waals surface area (Å²) in [6.45, 7) is 3.77. The number of rotatable bonds is 4. The zero-order valence-corrected chi connectivity index (χ0v) is 14.3. The molecule has 1 aliphatic rings. The highest BCUT2D eigenvalue weighted by Gasteiger charge is 2.28. The van der Waals surface area contributed by atoms with Crippen molar-refractivity contribution in [3.63, 3.8) is 0 Å². The second-order valence-electron chi connectivity index (χ2n) is 6.43. The number of anilines is 1. The van der Waals surface area contributed by atoms with Gasteiger partial charge in [0.1, 0.15) is 5.82 Å². The van der Waals surface area contributed by atoms with Crippen molar-refractivity contribution in [3.8, 4) is 0 Å². The molecule has 130 valence electrons. The fraction of sp³-hybridized carbons (Fsp3) is 0.368. The lowest BCUT2D eigenvalue weighted by Gasteiger charge is -2.23. The maximum Gasteiger partial charge on any atom is 0.229 e. The summed E-state index contributed by atoms with van der Waals surface area (Å²) in [5.74, 6) is -0.433. The van der Waals surface area contributed by atoms with Gasteiger partial charge in [0.25, 0.3) is 0 Å². The van der Waals surface area contributed by atoms with Gasteiger partial charge in [-0.25, -0.2) is 14.4 Å². The summed E-state index contributed by atoms with van der Waals surface area (Å²) in [5, 5.41) is 2.70. The van der Waals surface area contributed by atoms with E-state index in [9.17, 15) is 14.0 Å². The van der Waals surface area contributed by atoms with Gasteiger partial charge < -0.3 is 0 Å². The molecule has 1 amide bonds. The SMILES string of the molecule is CCC(C)C(=O)Nc1ncc2c(n1)CC(c1ccc(F)cc1)CC2=O. The molecule has 0 radical (unpaired) electrons. The Morgan fingerprint density at radius 3 is 2.72 bits per heavy atom. The topological polar surface area (TPSA) is 72.0 Å². The van der Waals surface area contributed by atoms with Crippen LogP contribution in [-0.2, 0) is 11.2 Å². The van der Waals surface area contributed by atoms with E-state index in [1.807, 2.05) is 13.8 Å². The Labute approximate surface area is 145 Å². The van der Waals surface area contributed by atoms with Crippen molar-refractivity contribution < 1.29 is 14.0 Å². The Bertz CT molecular complexity index is 805. The number of nitrogens with zero attached hydrogens (tertiary/aromatic N) is 2. The van der Waals surface area contributed by atoms with E-state index in [1.54, 1.807) is 12.1 Å². The summed E-state index contributed by atoms with van der Waals surface area (Å²) in [4.78, 5) is 32.9. The van der Waals surface area contributed by atoms with Gasteiger partial charge in [-0.05, 0) is 36.5 Å². The van der Waals surface area contributed by atoms with Gasteiger partial charge in [-0.3, -0.25) is 14.9 Å². The highest BCUT2D eigenvalue weighted by atomic mass is 19.1. The number of aromatic nitrogens is 2. The molecule has 0 spiro atoms. The van der Waals surface area contributed by atoms with E-state index in [0.29, 0.717) is 24.1 Å². The summed E-state index contributed by atoms with van der Waals surface area (Å²) in [5.41, 5.74) is 2.03. The summed E-state index contributed by atoms with van der Waals surface area (Å²) in [7, 11) is 0. The van der Waals surface area contributed by atoms with Gasteiger partial charge in [0, 0.05) is 18.5 Å². The van der Waals surface area contributed by atoms with E-state index in [2.05, 4.69) is 15.3 Å². The first-order chi connectivity index (χ1) is 12.0. The van der Waals surface area contributed by atoms with Gasteiger partial charge in [0.05, 0.1) is 11.3 Å². The third-order valence-electron chi connectivity index (χ3n) is 4.68. The van der Waals surface area contributed by atoms with Crippen molar-refractivity contribution in [1.82, 2.24) is 9.97 Å². The normalized spacial score (nSPS) is 17.7. The molecule has 1 aromatic carbocycles. The number of nitrogens with one attached hydrogen (secondary N) is 1. The van der Waals surface area contributed by atoms with Gasteiger partial charge in [0.15, 0.2) is 5.78 Å². The van der Waals surface area contributed by atoms with Crippen LogP contribution < -0.4 is 5.32 Å². The van der Waals surface area contributed by atoms with Gasteiger partial charge in [-0.2, -0.15) is 0 Å². The number of carbonyl (C=O) groups is 2. The third kappa shape index (κ3) is 3.73. The molecule has 0 aliphatic heterocycles. The van der Waals surface area contributed by atoms with Crippen LogP contribution in [0.3, 0.4) is 0 Å². The average molecular weight is 341 g/mol. The Kier molecular flexibility index (Phi) is 4.88. The van der Waals surface area contributed by atoms with Crippen LogP contribution in [0.2, 0.25) is 0 Å². The molecule has 0 fully saturated rings. The van der Waals surface area contributed by atoms with E-state index < -0.39 is 0 Å². The molecule has 1 N–H and O–H groups in total. The smallest absolute Gasteiger partial charge is 0.229 e. The predicted molar refractivity (Wildman–Crippen MR) is 91.9 cm³/mol. The van der Waals surface area contributed by atoms with Crippen molar-refractivity contribution in [2.75, 3.05) is 5.32 Å². The minimum absolute atomic E-state index is 0.0321. The quantitative estimate of drug-likeness (QED) is 0.924. The zero-order valence-electron chi connectivity index (χ0n) is 14.3. The summed E-state index contributed by atoms with van der Waals surface area (Å²) < 4.78 is 13.1. The summed E-state index contributed by atoms with van der Waals surface area (Å²) in [6, 6.07) is 6.19. The van der Waals surface area contributed by atoms with E-state index in [1.165, 1.54) is 18.3 Å². The van der Waals surface area contributed by atoms with Gasteiger partial charge in [-0.1, -0.05) is 26.0 Å².